The summed E-state index contributed by atoms with van der Waals surface area (Å²) in [4.78, 5) is 63.6. The van der Waals surface area contributed by atoms with E-state index < -0.39 is 58.3 Å². The molecule has 0 bridgehead atoms. The van der Waals surface area contributed by atoms with Crippen molar-refractivity contribution in [2.45, 2.75) is 110 Å². The van der Waals surface area contributed by atoms with E-state index >= 15 is 0 Å². The lowest BCUT2D eigenvalue weighted by Crippen LogP contribution is -2.57. The van der Waals surface area contributed by atoms with Crippen molar-refractivity contribution in [2.24, 2.45) is 5.41 Å². The van der Waals surface area contributed by atoms with Crippen LogP contribution in [0, 0.1) is 23.7 Å². The van der Waals surface area contributed by atoms with Crippen LogP contribution >= 0.6 is 23.6 Å². The molecule has 0 radical (unpaired) electrons. The number of aliphatic hydroxyl groups excluding tert-OH is 1. The summed E-state index contributed by atoms with van der Waals surface area (Å²) in [7, 11) is 0. The van der Waals surface area contributed by atoms with Crippen LogP contribution in [0.3, 0.4) is 0 Å². The normalized spacial score (nSPS) is 17.1. The van der Waals surface area contributed by atoms with E-state index in [0.29, 0.717) is 24.7 Å². The summed E-state index contributed by atoms with van der Waals surface area (Å²) in [6.07, 6.45) is -3.18. The summed E-state index contributed by atoms with van der Waals surface area (Å²) in [5.74, 6) is -0.974. The van der Waals surface area contributed by atoms with Crippen molar-refractivity contribution in [1.29, 1.82) is 5.26 Å². The quantitative estimate of drug-likeness (QED) is 0.0531. The molecule has 2 aliphatic rings. The molecular formula is C55H60F3N7O7S2. The molecule has 0 aliphatic carbocycles. The molecule has 2 fully saturated rings. The number of ether oxygens (including phenoxy) is 2. The van der Waals surface area contributed by atoms with Crippen molar-refractivity contribution in [3.05, 3.63) is 119 Å². The first-order chi connectivity index (χ1) is 35.1. The maximum absolute atomic E-state index is 14.0. The van der Waals surface area contributed by atoms with E-state index in [4.69, 9.17) is 21.7 Å². The number of β-amino-alcohol motifs (C(OH)–C–C–N with tert-alkyl or cyclic N) is 1. The Bertz CT molecular complexity index is 2880. The number of rotatable bonds is 19. The Hall–Kier alpha value is -6.72. The van der Waals surface area contributed by atoms with Gasteiger partial charge in [0.15, 0.2) is 5.11 Å². The number of aliphatic hydroxyl groups is 1. The Morgan fingerprint density at radius 2 is 1.55 bits per heavy atom. The fourth-order valence-corrected chi connectivity index (χ4v) is 10.3. The van der Waals surface area contributed by atoms with Crippen LogP contribution in [0.2, 0.25) is 0 Å². The second-order valence-corrected chi connectivity index (χ2v) is 21.2. The zero-order valence-corrected chi connectivity index (χ0v) is 43.8. The predicted molar refractivity (Wildman–Crippen MR) is 281 cm³/mol. The molecule has 0 spiro atoms. The zero-order chi connectivity index (χ0) is 53.5. The van der Waals surface area contributed by atoms with Crippen LogP contribution in [0.15, 0.2) is 96.5 Å². The number of nitrogens with one attached hydrogen (secondary N) is 2. The number of thiocarbonyl (C=S) groups is 1. The largest absolute Gasteiger partial charge is 0.494 e. The highest BCUT2D eigenvalue weighted by Gasteiger charge is 2.51. The van der Waals surface area contributed by atoms with Gasteiger partial charge in [-0.15, -0.1) is 11.3 Å². The molecule has 4 aromatic carbocycles. The van der Waals surface area contributed by atoms with Gasteiger partial charge in [0.25, 0.3) is 5.91 Å². The van der Waals surface area contributed by atoms with Crippen LogP contribution in [-0.2, 0) is 36.6 Å². The highest BCUT2D eigenvalue weighted by Crippen LogP contribution is 2.40. The summed E-state index contributed by atoms with van der Waals surface area (Å²) in [5, 5.41) is 25.6. The average molecular weight is 1050 g/mol. The summed E-state index contributed by atoms with van der Waals surface area (Å²) < 4.78 is 53.0. The first-order valence-electron chi connectivity index (χ1n) is 24.3. The summed E-state index contributed by atoms with van der Waals surface area (Å²) in [5.41, 5.74) is 3.37. The number of likely N-dealkylation sites (tertiary alicyclic amines) is 1. The molecule has 7 rings (SSSR count). The number of halogens is 3. The molecule has 2 saturated heterocycles. The van der Waals surface area contributed by atoms with Gasteiger partial charge in [-0.25, -0.2) is 4.98 Å². The van der Waals surface area contributed by atoms with Crippen LogP contribution in [0.4, 0.5) is 24.5 Å². The molecule has 3 atom stereocenters. The van der Waals surface area contributed by atoms with Crippen molar-refractivity contribution in [1.82, 2.24) is 20.5 Å². The SMILES string of the molecule is Cc1ncsc1-c1ccc(CNC(=O)[C@@H]2C[C@@H](O)CN2C(=O)C(NC(=O)CCOCCCCCOc2ccc(-c3ccc(N4C(=S)N(c5ccc(C#N)c(C(F)(F)F)c5)C(=O)C4(C)C)cc3)cc2)C(C)(C)C)cc1. The molecule has 5 aromatic rings. The predicted octanol–water partition coefficient (Wildman–Crippen LogP) is 9.36. The topological polar surface area (TPSA) is 177 Å². The molecule has 390 valence electrons. The number of hydrogen-bond donors (Lipinski definition) is 3. The van der Waals surface area contributed by atoms with Crippen LogP contribution < -0.4 is 25.2 Å². The number of thiazole rings is 1. The molecule has 4 amide bonds. The van der Waals surface area contributed by atoms with Gasteiger partial charge in [0.2, 0.25) is 17.7 Å². The van der Waals surface area contributed by atoms with Crippen LogP contribution in [0.1, 0.15) is 89.1 Å². The Balaban J connectivity index is 0.807. The third kappa shape index (κ3) is 12.8. The van der Waals surface area contributed by atoms with E-state index in [9.17, 15) is 42.7 Å². The number of alkyl halides is 3. The maximum atomic E-state index is 14.0. The number of anilines is 2. The molecule has 1 unspecified atom stereocenters. The molecule has 1 aromatic heterocycles. The fourth-order valence-electron chi connectivity index (χ4n) is 8.96. The number of aromatic nitrogens is 1. The van der Waals surface area contributed by atoms with Gasteiger partial charge in [-0.3, -0.25) is 24.1 Å². The van der Waals surface area contributed by atoms with Gasteiger partial charge >= 0.3 is 6.18 Å². The highest BCUT2D eigenvalue weighted by molar-refractivity contribution is 7.81. The van der Waals surface area contributed by atoms with Gasteiger partial charge in [0.05, 0.1) is 58.3 Å². The molecule has 14 nitrogen and oxygen atoms in total. The average Bonchev–Trinajstić information content (AvgIpc) is 4.03. The Labute approximate surface area is 438 Å². The number of benzene rings is 4. The van der Waals surface area contributed by atoms with Crippen molar-refractivity contribution >= 4 is 63.7 Å². The van der Waals surface area contributed by atoms with E-state index in [-0.39, 0.29) is 55.2 Å². The second kappa shape index (κ2) is 23.2. The van der Waals surface area contributed by atoms with Crippen molar-refractivity contribution in [2.75, 3.05) is 36.2 Å². The first kappa shape index (κ1) is 55.0. The second-order valence-electron chi connectivity index (χ2n) is 19.9. The number of carbonyl (C=O) groups excluding carboxylic acids is 4. The number of unbranched alkanes of at least 4 members (excludes halogenated alkanes) is 2. The lowest BCUT2D eigenvalue weighted by atomic mass is 9.85. The number of hydrogen-bond acceptors (Lipinski definition) is 11. The van der Waals surface area contributed by atoms with Gasteiger partial charge in [-0.2, -0.15) is 18.4 Å². The molecule has 3 heterocycles. The summed E-state index contributed by atoms with van der Waals surface area (Å²) >= 11 is 7.24. The van der Waals surface area contributed by atoms with Gasteiger partial charge < -0.3 is 35.0 Å². The fraction of sp³-hybridized carbons (Fsp3) is 0.400. The van der Waals surface area contributed by atoms with E-state index in [2.05, 4.69) is 15.6 Å². The van der Waals surface area contributed by atoms with Crippen molar-refractivity contribution in [3.63, 3.8) is 0 Å². The number of amides is 4. The third-order valence-corrected chi connectivity index (χ3v) is 14.4. The van der Waals surface area contributed by atoms with Gasteiger partial charge in [0, 0.05) is 38.2 Å². The van der Waals surface area contributed by atoms with Crippen LogP contribution in [0.5, 0.6) is 5.75 Å². The Kier molecular flexibility index (Phi) is 17.3. The van der Waals surface area contributed by atoms with Gasteiger partial charge in [-0.05, 0) is 122 Å². The van der Waals surface area contributed by atoms with E-state index in [1.165, 1.54) is 11.0 Å². The first-order valence-corrected chi connectivity index (χ1v) is 25.6. The van der Waals surface area contributed by atoms with Gasteiger partial charge in [-0.1, -0.05) is 69.3 Å². The number of carbonyl (C=O) groups is 4. The van der Waals surface area contributed by atoms with E-state index in [1.54, 1.807) is 53.8 Å². The molecule has 2 aliphatic heterocycles. The summed E-state index contributed by atoms with van der Waals surface area (Å²) in [6, 6.07) is 25.6. The monoisotopic (exact) mass is 1050 g/mol. The van der Waals surface area contributed by atoms with Crippen molar-refractivity contribution < 1.29 is 46.9 Å². The van der Waals surface area contributed by atoms with Crippen LogP contribution in [0.25, 0.3) is 21.6 Å². The third-order valence-electron chi connectivity index (χ3n) is 13.1. The molecular weight excluding hydrogens is 992 g/mol. The highest BCUT2D eigenvalue weighted by atomic mass is 32.1. The lowest BCUT2D eigenvalue weighted by molar-refractivity contribution is -0.144. The maximum Gasteiger partial charge on any atom is 0.417 e. The molecule has 74 heavy (non-hydrogen) atoms. The standard InChI is InChI=1S/C55H60F3N7O7S2/c1-34-47(74-33-61-34)38-12-10-35(11-13-38)31-60-49(68)45-29-42(66)32-63(45)50(69)48(53(2,3)4)62-46(67)24-27-71-25-8-7-9-26-72-43-22-17-37(18-23-43)36-14-19-40(20-15-36)65-52(73)64(51(70)54(65,5)6)41-21-16-39(30-59)44(28-41)55(56,57)58/h10-23,28,33,42,45,48,66H,7-9,24-27,29,31-32H2,1-6H3,(H,60,68)(H,62,67)/t42-,45+,48?/m1/s1. The van der Waals surface area contributed by atoms with Crippen molar-refractivity contribution in [3.8, 4) is 33.4 Å². The molecule has 0 saturated carbocycles. The van der Waals surface area contributed by atoms with Crippen LogP contribution in [-0.4, -0.2) is 93.8 Å². The lowest BCUT2D eigenvalue weighted by Gasteiger charge is -2.35. The summed E-state index contributed by atoms with van der Waals surface area (Å²) in [6.45, 7) is 12.1. The minimum absolute atomic E-state index is 0.0123. The smallest absolute Gasteiger partial charge is 0.417 e. The number of nitriles is 1. The zero-order valence-electron chi connectivity index (χ0n) is 42.1. The molecule has 19 heteroatoms. The number of aryl methyl sites for hydroxylation is 1. The minimum Gasteiger partial charge on any atom is -0.494 e. The van der Waals surface area contributed by atoms with E-state index in [1.807, 2.05) is 88.4 Å². The van der Waals surface area contributed by atoms with E-state index in [0.717, 1.165) is 69.1 Å². The minimum atomic E-state index is -4.80. The van der Waals surface area contributed by atoms with Gasteiger partial charge in [0.1, 0.15) is 23.4 Å². The molecule has 3 N–H and O–H groups in total. The Morgan fingerprint density at radius 3 is 2.18 bits per heavy atom. The number of nitrogens with zero attached hydrogens (tertiary/aromatic N) is 5. The Morgan fingerprint density at radius 1 is 0.919 bits per heavy atom.